The van der Waals surface area contributed by atoms with Crippen LogP contribution >= 0.6 is 0 Å². The summed E-state index contributed by atoms with van der Waals surface area (Å²) in [5.41, 5.74) is 7.54. The molecule has 1 fully saturated rings. The second-order valence-electron chi connectivity index (χ2n) is 4.36. The fourth-order valence-corrected chi connectivity index (χ4v) is 2.07. The standard InChI is InChI=1S/C12H18N2O2/c1-8(15)14-12(5-6-12)9-3-4-11(16-2)10(13)7-9/h3-4,7-8,14-15H,5-6,13H2,1-2H3. The van der Waals surface area contributed by atoms with Crippen molar-refractivity contribution in [3.63, 3.8) is 0 Å². The maximum Gasteiger partial charge on any atom is 0.141 e. The number of hydrogen-bond donors (Lipinski definition) is 3. The molecule has 0 saturated heterocycles. The Hall–Kier alpha value is -1.26. The van der Waals surface area contributed by atoms with E-state index in [1.54, 1.807) is 14.0 Å². The van der Waals surface area contributed by atoms with Crippen LogP contribution in [0.15, 0.2) is 18.2 Å². The summed E-state index contributed by atoms with van der Waals surface area (Å²) in [4.78, 5) is 0. The molecule has 1 saturated carbocycles. The highest BCUT2D eigenvalue weighted by Crippen LogP contribution is 2.46. The van der Waals surface area contributed by atoms with Crippen LogP contribution < -0.4 is 15.8 Å². The molecule has 1 atom stereocenters. The molecule has 0 aromatic heterocycles. The van der Waals surface area contributed by atoms with Crippen LogP contribution in [-0.2, 0) is 5.54 Å². The average Bonchev–Trinajstić information content (AvgIpc) is 2.98. The molecule has 0 spiro atoms. The van der Waals surface area contributed by atoms with Crippen LogP contribution in [0.5, 0.6) is 5.75 Å². The summed E-state index contributed by atoms with van der Waals surface area (Å²) >= 11 is 0. The third-order valence-corrected chi connectivity index (χ3v) is 3.02. The molecule has 0 amide bonds. The highest BCUT2D eigenvalue weighted by Gasteiger charge is 2.44. The Kier molecular flexibility index (Phi) is 2.78. The molecule has 1 aliphatic rings. The van der Waals surface area contributed by atoms with Crippen molar-refractivity contribution in [2.45, 2.75) is 31.5 Å². The number of anilines is 1. The van der Waals surface area contributed by atoms with Gasteiger partial charge in [0.15, 0.2) is 0 Å². The van der Waals surface area contributed by atoms with Crippen LogP contribution in [0.1, 0.15) is 25.3 Å². The van der Waals surface area contributed by atoms with Gasteiger partial charge in [-0.1, -0.05) is 6.07 Å². The SMILES string of the molecule is COc1ccc(C2(NC(C)O)CC2)cc1N. The first-order valence-corrected chi connectivity index (χ1v) is 5.47. The van der Waals surface area contributed by atoms with Crippen molar-refractivity contribution in [1.29, 1.82) is 0 Å². The number of methoxy groups -OCH3 is 1. The number of hydrogen-bond acceptors (Lipinski definition) is 4. The van der Waals surface area contributed by atoms with Crippen molar-refractivity contribution in [3.05, 3.63) is 23.8 Å². The van der Waals surface area contributed by atoms with Crippen molar-refractivity contribution in [1.82, 2.24) is 5.32 Å². The van der Waals surface area contributed by atoms with E-state index >= 15 is 0 Å². The lowest BCUT2D eigenvalue weighted by atomic mass is 10.0. The molecule has 88 valence electrons. The van der Waals surface area contributed by atoms with E-state index in [9.17, 15) is 5.11 Å². The molecule has 2 rings (SSSR count). The van der Waals surface area contributed by atoms with E-state index < -0.39 is 6.23 Å². The predicted octanol–water partition coefficient (Wildman–Crippen LogP) is 1.19. The Bertz CT molecular complexity index is 387. The number of benzene rings is 1. The van der Waals surface area contributed by atoms with Gasteiger partial charge in [0.25, 0.3) is 0 Å². The Labute approximate surface area is 95.4 Å². The number of aliphatic hydroxyl groups excluding tert-OH is 1. The normalized spacial score (nSPS) is 19.2. The molecule has 1 aliphatic carbocycles. The minimum atomic E-state index is -0.508. The molecule has 0 aliphatic heterocycles. The number of nitrogens with two attached hydrogens (primary N) is 1. The highest BCUT2D eigenvalue weighted by molar-refractivity contribution is 5.56. The predicted molar refractivity (Wildman–Crippen MR) is 63.1 cm³/mol. The molecule has 1 aromatic carbocycles. The first-order chi connectivity index (χ1) is 7.57. The van der Waals surface area contributed by atoms with Crippen molar-refractivity contribution in [2.24, 2.45) is 0 Å². The van der Waals surface area contributed by atoms with Gasteiger partial charge in [-0.05, 0) is 37.5 Å². The van der Waals surface area contributed by atoms with Gasteiger partial charge in [-0.15, -0.1) is 0 Å². The molecule has 0 heterocycles. The minimum absolute atomic E-state index is 0.0887. The Balaban J connectivity index is 2.24. The Morgan fingerprint density at radius 1 is 1.50 bits per heavy atom. The lowest BCUT2D eigenvalue weighted by Gasteiger charge is -2.21. The van der Waals surface area contributed by atoms with Crippen molar-refractivity contribution >= 4 is 5.69 Å². The van der Waals surface area contributed by atoms with Gasteiger partial charge in [0.2, 0.25) is 0 Å². The van der Waals surface area contributed by atoms with Gasteiger partial charge in [0, 0.05) is 5.54 Å². The Morgan fingerprint density at radius 2 is 2.19 bits per heavy atom. The largest absolute Gasteiger partial charge is 0.495 e. The van der Waals surface area contributed by atoms with Gasteiger partial charge in [-0.3, -0.25) is 5.32 Å². The summed E-state index contributed by atoms with van der Waals surface area (Å²) in [5, 5.41) is 12.6. The number of aliphatic hydroxyl groups is 1. The zero-order valence-corrected chi connectivity index (χ0v) is 9.66. The summed E-state index contributed by atoms with van der Waals surface area (Å²) in [7, 11) is 1.60. The van der Waals surface area contributed by atoms with Gasteiger partial charge >= 0.3 is 0 Å². The van der Waals surface area contributed by atoms with E-state index in [1.165, 1.54) is 0 Å². The minimum Gasteiger partial charge on any atom is -0.495 e. The Morgan fingerprint density at radius 3 is 2.62 bits per heavy atom. The second kappa shape index (κ2) is 3.96. The lowest BCUT2D eigenvalue weighted by molar-refractivity contribution is 0.135. The highest BCUT2D eigenvalue weighted by atomic mass is 16.5. The summed E-state index contributed by atoms with van der Waals surface area (Å²) in [6.45, 7) is 1.73. The molecule has 1 aromatic rings. The molecule has 0 bridgehead atoms. The molecular weight excluding hydrogens is 204 g/mol. The van der Waals surface area contributed by atoms with Gasteiger partial charge in [0.1, 0.15) is 12.0 Å². The van der Waals surface area contributed by atoms with Crippen LogP contribution in [0.2, 0.25) is 0 Å². The van der Waals surface area contributed by atoms with E-state index in [0.29, 0.717) is 11.4 Å². The second-order valence-corrected chi connectivity index (χ2v) is 4.36. The van der Waals surface area contributed by atoms with E-state index in [2.05, 4.69) is 5.32 Å². The summed E-state index contributed by atoms with van der Waals surface area (Å²) in [6, 6.07) is 5.78. The molecule has 4 nitrogen and oxygen atoms in total. The van der Waals surface area contributed by atoms with Crippen LogP contribution in [0, 0.1) is 0 Å². The average molecular weight is 222 g/mol. The van der Waals surface area contributed by atoms with Crippen molar-refractivity contribution < 1.29 is 9.84 Å². The zero-order valence-electron chi connectivity index (χ0n) is 9.66. The fourth-order valence-electron chi connectivity index (χ4n) is 2.07. The van der Waals surface area contributed by atoms with E-state index in [-0.39, 0.29) is 5.54 Å². The van der Waals surface area contributed by atoms with Crippen LogP contribution in [0.25, 0.3) is 0 Å². The summed E-state index contributed by atoms with van der Waals surface area (Å²) in [6.07, 6.45) is 1.55. The first kappa shape index (κ1) is 11.2. The summed E-state index contributed by atoms with van der Waals surface area (Å²) < 4.78 is 5.12. The van der Waals surface area contributed by atoms with Gasteiger partial charge in [0.05, 0.1) is 12.8 Å². The van der Waals surface area contributed by atoms with E-state index in [0.717, 1.165) is 18.4 Å². The van der Waals surface area contributed by atoms with Crippen LogP contribution in [-0.4, -0.2) is 18.4 Å². The van der Waals surface area contributed by atoms with Crippen LogP contribution in [0.3, 0.4) is 0 Å². The van der Waals surface area contributed by atoms with E-state index in [4.69, 9.17) is 10.5 Å². The first-order valence-electron chi connectivity index (χ1n) is 5.47. The maximum absolute atomic E-state index is 9.39. The monoisotopic (exact) mass is 222 g/mol. The summed E-state index contributed by atoms with van der Waals surface area (Å²) in [5.74, 6) is 0.691. The lowest BCUT2D eigenvalue weighted by Crippen LogP contribution is -2.36. The van der Waals surface area contributed by atoms with Gasteiger partial charge in [-0.2, -0.15) is 0 Å². The van der Waals surface area contributed by atoms with Crippen LogP contribution in [0.4, 0.5) is 5.69 Å². The number of nitrogens with one attached hydrogen (secondary N) is 1. The zero-order chi connectivity index (χ0) is 11.8. The number of rotatable bonds is 4. The molecule has 4 N–H and O–H groups in total. The molecule has 1 unspecified atom stereocenters. The smallest absolute Gasteiger partial charge is 0.141 e. The molecule has 4 heteroatoms. The van der Waals surface area contributed by atoms with Crippen molar-refractivity contribution in [3.8, 4) is 5.75 Å². The van der Waals surface area contributed by atoms with Gasteiger partial charge in [-0.25, -0.2) is 0 Å². The number of nitrogen functional groups attached to an aromatic ring is 1. The third kappa shape index (κ3) is 1.99. The van der Waals surface area contributed by atoms with Gasteiger partial charge < -0.3 is 15.6 Å². The fraction of sp³-hybridized carbons (Fsp3) is 0.500. The van der Waals surface area contributed by atoms with Crippen molar-refractivity contribution in [2.75, 3.05) is 12.8 Å². The molecular formula is C12H18N2O2. The van der Waals surface area contributed by atoms with E-state index in [1.807, 2.05) is 18.2 Å². The quantitative estimate of drug-likeness (QED) is 0.529. The molecule has 0 radical (unpaired) electrons. The number of ether oxygens (including phenoxy) is 1. The third-order valence-electron chi connectivity index (χ3n) is 3.02. The maximum atomic E-state index is 9.39. The topological polar surface area (TPSA) is 67.5 Å². The molecule has 16 heavy (non-hydrogen) atoms.